The molecule has 1 aromatic heterocycles. The van der Waals surface area contributed by atoms with E-state index in [0.717, 1.165) is 5.56 Å². The fourth-order valence-electron chi connectivity index (χ4n) is 3.30. The van der Waals surface area contributed by atoms with Crippen LogP contribution in [0, 0.1) is 19.7 Å². The molecule has 2 aromatic carbocycles. The molecule has 0 aliphatic heterocycles. The third-order valence-corrected chi connectivity index (χ3v) is 4.60. The molecular weight excluding hydrogens is 326 g/mol. The van der Waals surface area contributed by atoms with Crippen LogP contribution in [0.4, 0.5) is 0 Å². The summed E-state index contributed by atoms with van der Waals surface area (Å²) in [5, 5.41) is 0. The standard InChI is InChI=1S/C26H32N/c1-7-21-15-26(27(6)17-23(21)13-18(2)3)25-16-24(19(4)14-20(25)5)22-11-9-8-10-12-22/h8-12,14-18H,7,13H2,1-6H3/q+1/i1D2,4D3,7D2,13D2. The summed E-state index contributed by atoms with van der Waals surface area (Å²) in [4.78, 5) is 0. The maximum absolute atomic E-state index is 8.64. The summed E-state index contributed by atoms with van der Waals surface area (Å²) in [7, 11) is 1.73. The number of aromatic nitrogens is 1. The van der Waals surface area contributed by atoms with Crippen LogP contribution in [0.2, 0.25) is 0 Å². The van der Waals surface area contributed by atoms with Crippen LogP contribution in [0.1, 0.15) is 55.3 Å². The minimum atomic E-state index is -2.44. The van der Waals surface area contributed by atoms with Gasteiger partial charge in [-0.2, -0.15) is 0 Å². The normalized spacial score (nSPS) is 17.8. The highest BCUT2D eigenvalue weighted by molar-refractivity contribution is 5.75. The number of rotatable bonds is 5. The summed E-state index contributed by atoms with van der Waals surface area (Å²) < 4.78 is 75.9. The van der Waals surface area contributed by atoms with E-state index in [9.17, 15) is 0 Å². The van der Waals surface area contributed by atoms with E-state index in [1.54, 1.807) is 44.5 Å². The average Bonchev–Trinajstić information content (AvgIpc) is 2.78. The number of benzene rings is 2. The predicted molar refractivity (Wildman–Crippen MR) is 116 cm³/mol. The molecule has 3 rings (SSSR count). The van der Waals surface area contributed by atoms with Gasteiger partial charge in [-0.1, -0.05) is 57.1 Å². The molecule has 0 saturated carbocycles. The van der Waals surface area contributed by atoms with Crippen LogP contribution >= 0.6 is 0 Å². The first-order valence-corrected chi connectivity index (χ1v) is 9.09. The topological polar surface area (TPSA) is 3.88 Å². The summed E-state index contributed by atoms with van der Waals surface area (Å²) >= 11 is 0. The largest absolute Gasteiger partial charge is 0.212 e. The molecule has 0 spiro atoms. The van der Waals surface area contributed by atoms with Crippen molar-refractivity contribution in [3.63, 3.8) is 0 Å². The molecule has 1 heteroatoms. The quantitative estimate of drug-likeness (QED) is 0.471. The van der Waals surface area contributed by atoms with E-state index in [4.69, 9.17) is 12.3 Å². The van der Waals surface area contributed by atoms with Crippen LogP contribution < -0.4 is 4.57 Å². The minimum Gasteiger partial charge on any atom is -0.201 e. The molecule has 3 aromatic rings. The van der Waals surface area contributed by atoms with E-state index in [1.165, 1.54) is 12.3 Å². The fourth-order valence-corrected chi connectivity index (χ4v) is 3.30. The summed E-state index contributed by atoms with van der Waals surface area (Å²) in [6.07, 6.45) is -2.80. The summed E-state index contributed by atoms with van der Waals surface area (Å²) in [5.41, 5.74) is 3.36. The van der Waals surface area contributed by atoms with Gasteiger partial charge in [0.15, 0.2) is 6.20 Å². The van der Waals surface area contributed by atoms with Gasteiger partial charge in [0.25, 0.3) is 0 Å². The summed E-state index contributed by atoms with van der Waals surface area (Å²) in [6, 6.07) is 14.1. The van der Waals surface area contributed by atoms with Crippen LogP contribution in [0.3, 0.4) is 0 Å². The zero-order chi connectivity index (χ0) is 27.2. The van der Waals surface area contributed by atoms with Crippen molar-refractivity contribution in [1.82, 2.24) is 0 Å². The fraction of sp³-hybridized carbons (Fsp3) is 0.346. The van der Waals surface area contributed by atoms with Gasteiger partial charge in [0.1, 0.15) is 7.05 Å². The molecule has 0 amide bonds. The average molecular weight is 368 g/mol. The van der Waals surface area contributed by atoms with Crippen molar-refractivity contribution in [2.75, 3.05) is 0 Å². The molecule has 0 aliphatic carbocycles. The molecule has 0 unspecified atom stereocenters. The first-order valence-electron chi connectivity index (χ1n) is 13.7. The Morgan fingerprint density at radius 1 is 1.00 bits per heavy atom. The van der Waals surface area contributed by atoms with Gasteiger partial charge in [-0.15, -0.1) is 0 Å². The first-order chi connectivity index (χ1) is 16.5. The Bertz CT molecular complexity index is 1250. The Kier molecular flexibility index (Phi) is 3.23. The summed E-state index contributed by atoms with van der Waals surface area (Å²) in [6.45, 7) is 0.970. The smallest absolute Gasteiger partial charge is 0.201 e. The number of hydrogen-bond donors (Lipinski definition) is 0. The predicted octanol–water partition coefficient (Wildman–Crippen LogP) is 6.22. The van der Waals surface area contributed by atoms with E-state index in [-0.39, 0.29) is 16.7 Å². The van der Waals surface area contributed by atoms with E-state index in [1.807, 2.05) is 30.3 Å². The van der Waals surface area contributed by atoms with Crippen molar-refractivity contribution < 1.29 is 16.9 Å². The van der Waals surface area contributed by atoms with Gasteiger partial charge in [-0.3, -0.25) is 0 Å². The van der Waals surface area contributed by atoms with Crippen LogP contribution in [0.5, 0.6) is 0 Å². The molecule has 0 atom stereocenters. The first kappa shape index (κ1) is 10.8. The zero-order valence-corrected chi connectivity index (χ0v) is 16.3. The van der Waals surface area contributed by atoms with Gasteiger partial charge in [0.2, 0.25) is 5.69 Å². The van der Waals surface area contributed by atoms with E-state index < -0.39 is 32.4 Å². The van der Waals surface area contributed by atoms with Crippen molar-refractivity contribution in [3.8, 4) is 22.4 Å². The van der Waals surface area contributed by atoms with Crippen LogP contribution in [0.25, 0.3) is 22.4 Å². The highest BCUT2D eigenvalue weighted by atomic mass is 14.9. The SMILES string of the molecule is [2H]C([2H])C([2H])([2H])c1cc(-c2cc(-c3ccccc3)c(C([2H])([2H])[2H])cc2C)[n+](C)cc1C([2H])([2H])C(C)C. The molecule has 0 N–H and O–H groups in total. The highest BCUT2D eigenvalue weighted by Gasteiger charge is 2.19. The number of aryl methyl sites for hydroxylation is 4. The molecule has 140 valence electrons. The third kappa shape index (κ3) is 4.13. The van der Waals surface area contributed by atoms with Crippen molar-refractivity contribution in [2.45, 2.75) is 47.2 Å². The van der Waals surface area contributed by atoms with Gasteiger partial charge in [-0.05, 0) is 66.3 Å². The lowest BCUT2D eigenvalue weighted by Gasteiger charge is -2.14. The van der Waals surface area contributed by atoms with Crippen LogP contribution in [-0.4, -0.2) is 0 Å². The molecular formula is C26H32N+. The van der Waals surface area contributed by atoms with Gasteiger partial charge in [0, 0.05) is 29.5 Å². The summed E-state index contributed by atoms with van der Waals surface area (Å²) in [5.74, 6) is -0.474. The zero-order valence-electron chi connectivity index (χ0n) is 25.3. The molecule has 0 radical (unpaired) electrons. The van der Waals surface area contributed by atoms with Crippen LogP contribution in [-0.2, 0) is 19.8 Å². The van der Waals surface area contributed by atoms with E-state index in [2.05, 4.69) is 0 Å². The van der Waals surface area contributed by atoms with E-state index >= 15 is 0 Å². The maximum atomic E-state index is 8.64. The number of pyridine rings is 1. The van der Waals surface area contributed by atoms with Gasteiger partial charge < -0.3 is 0 Å². The molecule has 1 nitrogen and oxygen atoms in total. The lowest BCUT2D eigenvalue weighted by Crippen LogP contribution is -2.32. The Balaban J connectivity index is 2.40. The van der Waals surface area contributed by atoms with Crippen molar-refractivity contribution in [1.29, 1.82) is 0 Å². The second-order valence-electron chi connectivity index (χ2n) is 7.12. The molecule has 1 heterocycles. The Labute approximate surface area is 177 Å². The molecule has 0 bridgehead atoms. The Hall–Kier alpha value is -2.41. The lowest BCUT2D eigenvalue weighted by atomic mass is 9.91. The molecule has 27 heavy (non-hydrogen) atoms. The Morgan fingerprint density at radius 3 is 2.44 bits per heavy atom. The highest BCUT2D eigenvalue weighted by Crippen LogP contribution is 2.31. The van der Waals surface area contributed by atoms with Crippen LogP contribution in [0.15, 0.2) is 54.7 Å². The van der Waals surface area contributed by atoms with Gasteiger partial charge in [-0.25, -0.2) is 4.57 Å². The lowest BCUT2D eigenvalue weighted by molar-refractivity contribution is -0.660. The van der Waals surface area contributed by atoms with Crippen molar-refractivity contribution in [3.05, 3.63) is 77.0 Å². The molecule has 0 saturated heterocycles. The van der Waals surface area contributed by atoms with E-state index in [0.29, 0.717) is 22.4 Å². The maximum Gasteiger partial charge on any atom is 0.212 e. The van der Waals surface area contributed by atoms with Crippen molar-refractivity contribution >= 4 is 0 Å². The third-order valence-electron chi connectivity index (χ3n) is 4.60. The van der Waals surface area contributed by atoms with Gasteiger partial charge in [0.05, 0.1) is 0 Å². The number of nitrogens with zero attached hydrogens (tertiary/aromatic N) is 1. The monoisotopic (exact) mass is 367 g/mol. The second-order valence-corrected chi connectivity index (χ2v) is 7.12. The molecule has 0 aliphatic rings. The van der Waals surface area contributed by atoms with Crippen molar-refractivity contribution in [2.24, 2.45) is 13.0 Å². The minimum absolute atomic E-state index is 0.0511. The second kappa shape index (κ2) is 8.08. The molecule has 0 fully saturated rings. The van der Waals surface area contributed by atoms with Gasteiger partial charge >= 0.3 is 0 Å². The Morgan fingerprint density at radius 2 is 1.78 bits per heavy atom. The number of hydrogen-bond acceptors (Lipinski definition) is 0.